The topological polar surface area (TPSA) is 49.3 Å². The fourth-order valence-electron chi connectivity index (χ4n) is 1.85. The molecule has 0 aromatic heterocycles. The molecule has 0 saturated carbocycles. The zero-order valence-electron chi connectivity index (χ0n) is 10.5. The lowest BCUT2D eigenvalue weighted by Gasteiger charge is -2.17. The van der Waals surface area contributed by atoms with E-state index in [0.29, 0.717) is 15.6 Å². The van der Waals surface area contributed by atoms with Crippen LogP contribution in [-0.4, -0.2) is 17.6 Å². The monoisotopic (exact) mass is 309 g/mol. The molecule has 20 heavy (non-hydrogen) atoms. The van der Waals surface area contributed by atoms with E-state index in [1.165, 1.54) is 12.1 Å². The van der Waals surface area contributed by atoms with Crippen molar-refractivity contribution >= 4 is 29.1 Å². The summed E-state index contributed by atoms with van der Waals surface area (Å²) in [5, 5.41) is 12.9. The Morgan fingerprint density at radius 2 is 1.70 bits per heavy atom. The van der Waals surface area contributed by atoms with Crippen molar-refractivity contribution in [3.63, 3.8) is 0 Å². The Hall–Kier alpha value is -1.55. The van der Waals surface area contributed by atoms with Crippen molar-refractivity contribution in [1.82, 2.24) is 5.32 Å². The molecule has 0 radical (unpaired) electrons. The lowest BCUT2D eigenvalue weighted by molar-refractivity contribution is 0.0916. The van der Waals surface area contributed by atoms with Crippen LogP contribution in [0.25, 0.3) is 0 Å². The lowest BCUT2D eigenvalue weighted by Crippen LogP contribution is -2.30. The first-order chi connectivity index (χ1) is 9.60. The van der Waals surface area contributed by atoms with Gasteiger partial charge in [-0.1, -0.05) is 53.5 Å². The van der Waals surface area contributed by atoms with Crippen LogP contribution < -0.4 is 5.32 Å². The fourth-order valence-corrected chi connectivity index (χ4v) is 2.37. The largest absolute Gasteiger partial charge is 0.394 e. The average Bonchev–Trinajstić information content (AvgIpc) is 2.44. The minimum absolute atomic E-state index is 0.190. The Labute approximate surface area is 127 Å². The highest BCUT2D eigenvalue weighted by molar-refractivity contribution is 6.35. The van der Waals surface area contributed by atoms with E-state index in [9.17, 15) is 9.90 Å². The van der Waals surface area contributed by atoms with Crippen LogP contribution in [0.4, 0.5) is 0 Å². The predicted octanol–water partition coefficient (Wildman–Crippen LogP) is 3.46. The molecule has 1 unspecified atom stereocenters. The van der Waals surface area contributed by atoms with E-state index in [1.54, 1.807) is 6.07 Å². The first-order valence-electron chi connectivity index (χ1n) is 6.03. The number of aliphatic hydroxyl groups excluding tert-OH is 1. The Morgan fingerprint density at radius 3 is 2.25 bits per heavy atom. The van der Waals surface area contributed by atoms with Crippen LogP contribution >= 0.6 is 23.2 Å². The summed E-state index contributed by atoms with van der Waals surface area (Å²) in [6.07, 6.45) is 0. The van der Waals surface area contributed by atoms with Gasteiger partial charge < -0.3 is 10.4 Å². The Balaban J connectivity index is 2.17. The van der Waals surface area contributed by atoms with Crippen LogP contribution in [0.5, 0.6) is 0 Å². The molecular weight excluding hydrogens is 297 g/mol. The van der Waals surface area contributed by atoms with Gasteiger partial charge in [0, 0.05) is 15.6 Å². The van der Waals surface area contributed by atoms with Gasteiger partial charge in [0.05, 0.1) is 12.6 Å². The van der Waals surface area contributed by atoms with Crippen LogP contribution in [0.3, 0.4) is 0 Å². The van der Waals surface area contributed by atoms with Gasteiger partial charge in [-0.2, -0.15) is 0 Å². The summed E-state index contributed by atoms with van der Waals surface area (Å²) in [4.78, 5) is 12.2. The Bertz CT molecular complexity index is 582. The smallest absolute Gasteiger partial charge is 0.251 e. The number of rotatable bonds is 4. The molecule has 0 fully saturated rings. The minimum atomic E-state index is -0.471. The maximum absolute atomic E-state index is 12.2. The Kier molecular flexibility index (Phi) is 5.01. The lowest BCUT2D eigenvalue weighted by atomic mass is 10.1. The third kappa shape index (κ3) is 3.73. The quantitative estimate of drug-likeness (QED) is 0.908. The van der Waals surface area contributed by atoms with Gasteiger partial charge in [-0.05, 0) is 23.8 Å². The highest BCUT2D eigenvalue weighted by Gasteiger charge is 2.15. The summed E-state index contributed by atoms with van der Waals surface area (Å²) in [5.74, 6) is -0.336. The van der Waals surface area contributed by atoms with Crippen LogP contribution in [0, 0.1) is 0 Å². The van der Waals surface area contributed by atoms with E-state index in [1.807, 2.05) is 30.3 Å². The van der Waals surface area contributed by atoms with Crippen LogP contribution in [0.2, 0.25) is 10.0 Å². The molecule has 0 aliphatic carbocycles. The third-order valence-electron chi connectivity index (χ3n) is 2.81. The average molecular weight is 310 g/mol. The molecule has 0 saturated heterocycles. The van der Waals surface area contributed by atoms with E-state index in [0.717, 1.165) is 5.56 Å². The first-order valence-corrected chi connectivity index (χ1v) is 6.78. The van der Waals surface area contributed by atoms with Crippen molar-refractivity contribution in [2.75, 3.05) is 6.61 Å². The van der Waals surface area contributed by atoms with Crippen LogP contribution in [0.15, 0.2) is 48.5 Å². The van der Waals surface area contributed by atoms with Gasteiger partial charge in [0.2, 0.25) is 0 Å². The zero-order valence-corrected chi connectivity index (χ0v) is 12.0. The molecule has 2 aromatic carbocycles. The molecule has 1 amide bonds. The molecule has 3 nitrogen and oxygen atoms in total. The molecule has 104 valence electrons. The van der Waals surface area contributed by atoms with Crippen molar-refractivity contribution in [2.45, 2.75) is 6.04 Å². The molecular formula is C15H13Cl2NO2. The van der Waals surface area contributed by atoms with Crippen molar-refractivity contribution in [3.8, 4) is 0 Å². The number of benzene rings is 2. The highest BCUT2D eigenvalue weighted by Crippen LogP contribution is 2.20. The molecule has 5 heteroatoms. The standard InChI is InChI=1S/C15H13Cl2NO2/c16-12-6-11(7-13(17)8-12)15(20)18-14(9-19)10-4-2-1-3-5-10/h1-8,14,19H,9H2,(H,18,20). The molecule has 0 spiro atoms. The zero-order chi connectivity index (χ0) is 14.5. The van der Waals surface area contributed by atoms with E-state index in [4.69, 9.17) is 23.2 Å². The van der Waals surface area contributed by atoms with E-state index < -0.39 is 6.04 Å². The van der Waals surface area contributed by atoms with Gasteiger partial charge in [-0.3, -0.25) is 4.79 Å². The number of hydrogen-bond donors (Lipinski definition) is 2. The van der Waals surface area contributed by atoms with Gasteiger partial charge in [0.1, 0.15) is 0 Å². The first kappa shape index (κ1) is 14.9. The van der Waals surface area contributed by atoms with Gasteiger partial charge in [-0.15, -0.1) is 0 Å². The summed E-state index contributed by atoms with van der Waals surface area (Å²) in [5.41, 5.74) is 1.19. The highest BCUT2D eigenvalue weighted by atomic mass is 35.5. The summed E-state index contributed by atoms with van der Waals surface area (Å²) < 4.78 is 0. The normalized spacial score (nSPS) is 11.9. The second-order valence-corrected chi connectivity index (χ2v) is 5.15. The molecule has 0 bridgehead atoms. The molecule has 2 aromatic rings. The summed E-state index contributed by atoms with van der Waals surface area (Å²) in [7, 11) is 0. The summed E-state index contributed by atoms with van der Waals surface area (Å²) in [6.45, 7) is -0.190. The number of halogens is 2. The second kappa shape index (κ2) is 6.75. The SMILES string of the molecule is O=C(NC(CO)c1ccccc1)c1cc(Cl)cc(Cl)c1. The van der Waals surface area contributed by atoms with Gasteiger partial charge >= 0.3 is 0 Å². The van der Waals surface area contributed by atoms with Crippen LogP contribution in [0.1, 0.15) is 22.0 Å². The van der Waals surface area contributed by atoms with Gasteiger partial charge in [0.25, 0.3) is 5.91 Å². The predicted molar refractivity (Wildman–Crippen MR) is 80.2 cm³/mol. The molecule has 2 rings (SSSR count). The van der Waals surface area contributed by atoms with Crippen molar-refractivity contribution < 1.29 is 9.90 Å². The number of amides is 1. The summed E-state index contributed by atoms with van der Waals surface area (Å²) in [6, 6.07) is 13.4. The van der Waals surface area contributed by atoms with Gasteiger partial charge in [0.15, 0.2) is 0 Å². The van der Waals surface area contributed by atoms with Crippen LogP contribution in [-0.2, 0) is 0 Å². The molecule has 0 aliphatic rings. The molecule has 1 atom stereocenters. The number of carbonyl (C=O) groups is 1. The fraction of sp³-hybridized carbons (Fsp3) is 0.133. The number of nitrogens with one attached hydrogen (secondary N) is 1. The van der Waals surface area contributed by atoms with Crippen molar-refractivity contribution in [1.29, 1.82) is 0 Å². The van der Waals surface area contributed by atoms with Gasteiger partial charge in [-0.25, -0.2) is 0 Å². The third-order valence-corrected chi connectivity index (χ3v) is 3.25. The van der Waals surface area contributed by atoms with E-state index in [2.05, 4.69) is 5.32 Å². The number of aliphatic hydroxyl groups is 1. The molecule has 0 heterocycles. The number of hydrogen-bond acceptors (Lipinski definition) is 2. The van der Waals surface area contributed by atoms with E-state index >= 15 is 0 Å². The van der Waals surface area contributed by atoms with Crippen molar-refractivity contribution in [3.05, 3.63) is 69.7 Å². The van der Waals surface area contributed by atoms with Crippen molar-refractivity contribution in [2.24, 2.45) is 0 Å². The maximum Gasteiger partial charge on any atom is 0.251 e. The minimum Gasteiger partial charge on any atom is -0.394 e. The maximum atomic E-state index is 12.2. The summed E-state index contributed by atoms with van der Waals surface area (Å²) >= 11 is 11.7. The Morgan fingerprint density at radius 1 is 1.10 bits per heavy atom. The van der Waals surface area contributed by atoms with E-state index in [-0.39, 0.29) is 12.5 Å². The second-order valence-electron chi connectivity index (χ2n) is 4.28. The number of carbonyl (C=O) groups excluding carboxylic acids is 1. The molecule has 0 aliphatic heterocycles. The molecule has 2 N–H and O–H groups in total.